The summed E-state index contributed by atoms with van der Waals surface area (Å²) in [7, 11) is 0. The van der Waals surface area contributed by atoms with Crippen LogP contribution in [0.25, 0.3) is 0 Å². The van der Waals surface area contributed by atoms with E-state index in [1.165, 1.54) is 6.20 Å². The number of halogens is 1. The Morgan fingerprint density at radius 2 is 1.84 bits per heavy atom. The molecule has 0 amide bonds. The Kier molecular flexibility index (Phi) is 5.50. The lowest BCUT2D eigenvalue weighted by Crippen LogP contribution is -2.28. The minimum atomic E-state index is -1.36. The van der Waals surface area contributed by atoms with Crippen molar-refractivity contribution in [2.24, 2.45) is 0 Å². The largest absolute Gasteiger partial charge is 0.465 e. The molecular weight excluding hydrogens is 274 g/mol. The molecular formula is C11H14ClN3O4. The predicted octanol–water partition coefficient (Wildman–Crippen LogP) is 0.922. The van der Waals surface area contributed by atoms with Crippen LogP contribution in [-0.4, -0.2) is 35.1 Å². The van der Waals surface area contributed by atoms with Crippen LogP contribution < -0.4 is 5.73 Å². The lowest BCUT2D eigenvalue weighted by atomic mass is 10.1. The van der Waals surface area contributed by atoms with Gasteiger partial charge in [-0.25, -0.2) is 9.97 Å². The highest BCUT2D eigenvalue weighted by molar-refractivity contribution is 6.31. The molecule has 1 aromatic rings. The second-order valence-electron chi connectivity index (χ2n) is 3.41. The highest BCUT2D eigenvalue weighted by Crippen LogP contribution is 2.20. The monoisotopic (exact) mass is 287 g/mol. The summed E-state index contributed by atoms with van der Waals surface area (Å²) in [6.07, 6.45) is 1.22. The summed E-state index contributed by atoms with van der Waals surface area (Å²) < 4.78 is 9.60. The average molecular weight is 288 g/mol. The topological polar surface area (TPSA) is 104 Å². The number of nitrogens with zero attached hydrogens (tertiary/aromatic N) is 2. The van der Waals surface area contributed by atoms with Crippen molar-refractivity contribution >= 4 is 29.2 Å². The van der Waals surface area contributed by atoms with E-state index in [9.17, 15) is 9.59 Å². The van der Waals surface area contributed by atoms with Gasteiger partial charge in [-0.05, 0) is 13.8 Å². The Labute approximate surface area is 115 Å². The third-order valence-corrected chi connectivity index (χ3v) is 2.39. The van der Waals surface area contributed by atoms with E-state index >= 15 is 0 Å². The van der Waals surface area contributed by atoms with Gasteiger partial charge in [0.05, 0.1) is 25.1 Å². The van der Waals surface area contributed by atoms with E-state index < -0.39 is 17.9 Å². The molecule has 104 valence electrons. The predicted molar refractivity (Wildman–Crippen MR) is 67.5 cm³/mol. The molecule has 0 saturated carbocycles. The van der Waals surface area contributed by atoms with E-state index in [1.54, 1.807) is 13.8 Å². The number of nitrogens with two attached hydrogens (primary N) is 1. The Hall–Kier alpha value is -1.89. The maximum absolute atomic E-state index is 11.8. The maximum atomic E-state index is 11.8. The smallest absolute Gasteiger partial charge is 0.328 e. The molecule has 0 fully saturated rings. The molecule has 7 nitrogen and oxygen atoms in total. The summed E-state index contributed by atoms with van der Waals surface area (Å²) in [6, 6.07) is 0. The van der Waals surface area contributed by atoms with Crippen molar-refractivity contribution in [2.45, 2.75) is 19.8 Å². The van der Waals surface area contributed by atoms with Crippen LogP contribution in [0, 0.1) is 0 Å². The summed E-state index contributed by atoms with van der Waals surface area (Å²) in [5.41, 5.74) is 5.62. The van der Waals surface area contributed by atoms with Crippen LogP contribution in [0.4, 0.5) is 5.69 Å². The summed E-state index contributed by atoms with van der Waals surface area (Å²) in [4.78, 5) is 31.2. The summed E-state index contributed by atoms with van der Waals surface area (Å²) >= 11 is 5.74. The van der Waals surface area contributed by atoms with Crippen molar-refractivity contribution in [2.75, 3.05) is 18.9 Å². The molecule has 0 bridgehead atoms. The van der Waals surface area contributed by atoms with Gasteiger partial charge in [0.25, 0.3) is 0 Å². The molecule has 1 aromatic heterocycles. The van der Waals surface area contributed by atoms with Gasteiger partial charge in [-0.1, -0.05) is 11.6 Å². The van der Waals surface area contributed by atoms with E-state index in [0.29, 0.717) is 0 Å². The zero-order valence-corrected chi connectivity index (χ0v) is 11.3. The van der Waals surface area contributed by atoms with Gasteiger partial charge in [0.2, 0.25) is 5.92 Å². The molecule has 8 heteroatoms. The fourth-order valence-electron chi connectivity index (χ4n) is 1.28. The first kappa shape index (κ1) is 15.2. The lowest BCUT2D eigenvalue weighted by molar-refractivity contribution is -0.157. The van der Waals surface area contributed by atoms with Crippen molar-refractivity contribution < 1.29 is 19.1 Å². The Morgan fingerprint density at radius 3 is 2.26 bits per heavy atom. The number of hydrogen-bond acceptors (Lipinski definition) is 7. The molecule has 0 aromatic carbocycles. The van der Waals surface area contributed by atoms with Gasteiger partial charge in [0.15, 0.2) is 11.0 Å². The van der Waals surface area contributed by atoms with Crippen LogP contribution in [0.3, 0.4) is 0 Å². The first-order chi connectivity index (χ1) is 9.01. The molecule has 19 heavy (non-hydrogen) atoms. The normalized spacial score (nSPS) is 10.3. The summed E-state index contributed by atoms with van der Waals surface area (Å²) in [6.45, 7) is 3.49. The Balaban J connectivity index is 3.11. The van der Waals surface area contributed by atoms with Crippen molar-refractivity contribution in [1.29, 1.82) is 0 Å². The van der Waals surface area contributed by atoms with Gasteiger partial charge >= 0.3 is 11.9 Å². The molecule has 0 aliphatic heterocycles. The zero-order valence-electron chi connectivity index (χ0n) is 10.6. The molecule has 0 aliphatic carbocycles. The quantitative estimate of drug-likeness (QED) is 0.488. The molecule has 0 radical (unpaired) electrons. The first-order valence-electron chi connectivity index (χ1n) is 5.62. The minimum Gasteiger partial charge on any atom is -0.465 e. The van der Waals surface area contributed by atoms with E-state index in [2.05, 4.69) is 9.97 Å². The van der Waals surface area contributed by atoms with Gasteiger partial charge in [-0.15, -0.1) is 0 Å². The molecule has 1 rings (SSSR count). The second-order valence-corrected chi connectivity index (χ2v) is 3.77. The average Bonchev–Trinajstić information content (AvgIpc) is 2.34. The number of aromatic nitrogens is 2. The molecule has 1 heterocycles. The van der Waals surface area contributed by atoms with Crippen molar-refractivity contribution in [3.63, 3.8) is 0 Å². The molecule has 0 atom stereocenters. The third kappa shape index (κ3) is 3.78. The number of carbonyl (C=O) groups excluding carboxylic acids is 2. The SMILES string of the molecule is CCOC(=O)C(C(=O)OCC)c1ncc(N)c(Cl)n1. The van der Waals surface area contributed by atoms with E-state index in [1.807, 2.05) is 0 Å². The molecule has 2 N–H and O–H groups in total. The summed E-state index contributed by atoms with van der Waals surface area (Å²) in [5.74, 6) is -3.04. The van der Waals surface area contributed by atoms with Gasteiger partial charge < -0.3 is 15.2 Å². The van der Waals surface area contributed by atoms with Crippen LogP contribution >= 0.6 is 11.6 Å². The molecule has 0 unspecified atom stereocenters. The van der Waals surface area contributed by atoms with Crippen molar-refractivity contribution in [3.8, 4) is 0 Å². The molecule has 0 aliphatic rings. The van der Waals surface area contributed by atoms with Crippen LogP contribution in [-0.2, 0) is 19.1 Å². The van der Waals surface area contributed by atoms with Gasteiger partial charge in [-0.2, -0.15) is 0 Å². The number of anilines is 1. The van der Waals surface area contributed by atoms with E-state index in [4.69, 9.17) is 26.8 Å². The van der Waals surface area contributed by atoms with E-state index in [-0.39, 0.29) is 29.9 Å². The zero-order chi connectivity index (χ0) is 14.4. The van der Waals surface area contributed by atoms with Crippen LogP contribution in [0.1, 0.15) is 25.6 Å². The molecule has 0 spiro atoms. The van der Waals surface area contributed by atoms with Crippen molar-refractivity contribution in [3.05, 3.63) is 17.2 Å². The number of carbonyl (C=O) groups is 2. The van der Waals surface area contributed by atoms with Gasteiger partial charge in [-0.3, -0.25) is 9.59 Å². The fourth-order valence-corrected chi connectivity index (χ4v) is 1.42. The fraction of sp³-hybridized carbons (Fsp3) is 0.455. The third-order valence-electron chi connectivity index (χ3n) is 2.09. The van der Waals surface area contributed by atoms with Gasteiger partial charge in [0.1, 0.15) is 0 Å². The lowest BCUT2D eigenvalue weighted by Gasteiger charge is -2.13. The number of rotatable bonds is 5. The maximum Gasteiger partial charge on any atom is 0.328 e. The Bertz CT molecular complexity index is 463. The number of hydrogen-bond donors (Lipinski definition) is 1. The standard InChI is InChI=1S/C11H14ClN3O4/c1-3-18-10(16)7(11(17)19-4-2)9-14-5-6(13)8(12)15-9/h5,7H,3-4,13H2,1-2H3. The summed E-state index contributed by atoms with van der Waals surface area (Å²) in [5, 5.41) is -0.0383. The van der Waals surface area contributed by atoms with Gasteiger partial charge in [0, 0.05) is 0 Å². The number of ether oxygens (including phenoxy) is 2. The minimum absolute atomic E-state index is 0.0383. The second kappa shape index (κ2) is 6.89. The highest BCUT2D eigenvalue weighted by atomic mass is 35.5. The molecule has 0 saturated heterocycles. The Morgan fingerprint density at radius 1 is 1.32 bits per heavy atom. The van der Waals surface area contributed by atoms with Crippen LogP contribution in [0.15, 0.2) is 6.20 Å². The van der Waals surface area contributed by atoms with E-state index in [0.717, 1.165) is 0 Å². The number of nitrogen functional groups attached to an aromatic ring is 1. The van der Waals surface area contributed by atoms with Crippen LogP contribution in [0.5, 0.6) is 0 Å². The first-order valence-corrected chi connectivity index (χ1v) is 6.00. The van der Waals surface area contributed by atoms with Crippen molar-refractivity contribution in [1.82, 2.24) is 9.97 Å². The van der Waals surface area contributed by atoms with Crippen LogP contribution in [0.2, 0.25) is 5.15 Å². The number of esters is 2. The highest BCUT2D eigenvalue weighted by Gasteiger charge is 2.34.